The highest BCUT2D eigenvalue weighted by molar-refractivity contribution is 5.84. The van der Waals surface area contributed by atoms with Crippen molar-refractivity contribution in [2.45, 2.75) is 66.7 Å². The summed E-state index contributed by atoms with van der Waals surface area (Å²) >= 11 is 0. The molecule has 0 radical (unpaired) electrons. The molecule has 0 aliphatic rings. The number of aromatic nitrogens is 4. The summed E-state index contributed by atoms with van der Waals surface area (Å²) in [5.74, 6) is 0.523. The SMILES string of the molecule is CCC(C(=O)NCc1ccc(OC(C)C)cc1)n1nc(C)c2c(C)n(-c3ccc(C)cc3)nc2c1=O. The summed E-state index contributed by atoms with van der Waals surface area (Å²) in [5, 5.41) is 12.8. The van der Waals surface area contributed by atoms with Crippen LogP contribution in [-0.4, -0.2) is 31.6 Å². The van der Waals surface area contributed by atoms with Crippen LogP contribution in [0.4, 0.5) is 0 Å². The van der Waals surface area contributed by atoms with Gasteiger partial charge >= 0.3 is 0 Å². The number of nitrogens with zero attached hydrogens (tertiary/aromatic N) is 4. The van der Waals surface area contributed by atoms with Crippen LogP contribution in [0.25, 0.3) is 16.6 Å². The molecular formula is C28H33N5O3. The Morgan fingerprint density at radius 2 is 1.67 bits per heavy atom. The molecule has 4 rings (SSSR count). The van der Waals surface area contributed by atoms with Crippen molar-refractivity contribution in [1.82, 2.24) is 24.9 Å². The first-order valence-electron chi connectivity index (χ1n) is 12.3. The van der Waals surface area contributed by atoms with Gasteiger partial charge in [-0.1, -0.05) is 36.8 Å². The van der Waals surface area contributed by atoms with Crippen LogP contribution < -0.4 is 15.6 Å². The van der Waals surface area contributed by atoms with Gasteiger partial charge in [-0.05, 0) is 70.9 Å². The minimum atomic E-state index is -0.742. The van der Waals surface area contributed by atoms with Gasteiger partial charge < -0.3 is 10.1 Å². The number of benzene rings is 2. The molecular weight excluding hydrogens is 454 g/mol. The second kappa shape index (κ2) is 10.4. The average molecular weight is 488 g/mol. The van der Waals surface area contributed by atoms with Gasteiger partial charge in [-0.2, -0.15) is 10.2 Å². The zero-order chi connectivity index (χ0) is 26.0. The van der Waals surface area contributed by atoms with Crippen molar-refractivity contribution < 1.29 is 9.53 Å². The van der Waals surface area contributed by atoms with Gasteiger partial charge in [0.25, 0.3) is 5.56 Å². The topological polar surface area (TPSA) is 91.0 Å². The van der Waals surface area contributed by atoms with Crippen molar-refractivity contribution >= 4 is 16.8 Å². The first-order chi connectivity index (χ1) is 17.2. The molecule has 0 fully saturated rings. The molecule has 8 heteroatoms. The molecule has 0 saturated carbocycles. The average Bonchev–Trinajstić information content (AvgIpc) is 3.20. The molecule has 0 saturated heterocycles. The number of rotatable bonds is 8. The Morgan fingerprint density at radius 1 is 1.00 bits per heavy atom. The van der Waals surface area contributed by atoms with Crippen LogP contribution >= 0.6 is 0 Å². The molecule has 2 aromatic carbocycles. The first kappa shape index (κ1) is 25.2. The van der Waals surface area contributed by atoms with Gasteiger partial charge in [0.05, 0.1) is 28.6 Å². The van der Waals surface area contributed by atoms with E-state index in [1.165, 1.54) is 4.68 Å². The van der Waals surface area contributed by atoms with Gasteiger partial charge in [-0.15, -0.1) is 0 Å². The molecule has 1 N–H and O–H groups in total. The number of carbonyl (C=O) groups excluding carboxylic acids is 1. The van der Waals surface area contributed by atoms with Crippen molar-refractivity contribution in [2.75, 3.05) is 0 Å². The second-order valence-electron chi connectivity index (χ2n) is 9.34. The molecule has 2 heterocycles. The minimum Gasteiger partial charge on any atom is -0.491 e. The van der Waals surface area contributed by atoms with E-state index in [1.54, 1.807) is 4.68 Å². The van der Waals surface area contributed by atoms with E-state index in [0.29, 0.717) is 24.2 Å². The molecule has 0 aliphatic heterocycles. The molecule has 1 unspecified atom stereocenters. The number of aryl methyl sites for hydroxylation is 3. The monoisotopic (exact) mass is 487 g/mol. The van der Waals surface area contributed by atoms with Crippen LogP contribution in [0.15, 0.2) is 53.3 Å². The van der Waals surface area contributed by atoms with Gasteiger partial charge in [0.2, 0.25) is 5.91 Å². The summed E-state index contributed by atoms with van der Waals surface area (Å²) in [6.07, 6.45) is 0.516. The van der Waals surface area contributed by atoms with Gasteiger partial charge in [0.1, 0.15) is 11.8 Å². The van der Waals surface area contributed by atoms with Crippen molar-refractivity contribution in [1.29, 1.82) is 0 Å². The molecule has 36 heavy (non-hydrogen) atoms. The fourth-order valence-electron chi connectivity index (χ4n) is 4.33. The number of carbonyl (C=O) groups is 1. The van der Waals surface area contributed by atoms with Crippen molar-refractivity contribution in [2.24, 2.45) is 0 Å². The Hall–Kier alpha value is -3.94. The summed E-state index contributed by atoms with van der Waals surface area (Å²) in [6, 6.07) is 14.8. The van der Waals surface area contributed by atoms with Crippen molar-refractivity contribution in [3.05, 3.63) is 81.4 Å². The van der Waals surface area contributed by atoms with Crippen LogP contribution in [0.3, 0.4) is 0 Å². The van der Waals surface area contributed by atoms with Crippen LogP contribution in [0.5, 0.6) is 5.75 Å². The Balaban J connectivity index is 1.60. The predicted octanol–water partition coefficient (Wildman–Crippen LogP) is 4.56. The summed E-state index contributed by atoms with van der Waals surface area (Å²) in [6.45, 7) is 12.0. The molecule has 1 atom stereocenters. The number of fused-ring (bicyclic) bond motifs is 1. The third kappa shape index (κ3) is 5.03. The van der Waals surface area contributed by atoms with E-state index >= 15 is 0 Å². The van der Waals surface area contributed by atoms with Gasteiger partial charge in [-0.3, -0.25) is 9.59 Å². The Labute approximate surface area is 210 Å². The van der Waals surface area contributed by atoms with E-state index in [2.05, 4.69) is 15.5 Å². The van der Waals surface area contributed by atoms with Gasteiger partial charge in [-0.25, -0.2) is 9.36 Å². The molecule has 0 bridgehead atoms. The van der Waals surface area contributed by atoms with Gasteiger partial charge in [0.15, 0.2) is 5.52 Å². The number of hydrogen-bond acceptors (Lipinski definition) is 5. The smallest absolute Gasteiger partial charge is 0.295 e. The fourth-order valence-corrected chi connectivity index (χ4v) is 4.33. The first-order valence-corrected chi connectivity index (χ1v) is 12.3. The van der Waals surface area contributed by atoms with E-state index < -0.39 is 6.04 Å². The molecule has 0 spiro atoms. The summed E-state index contributed by atoms with van der Waals surface area (Å²) in [5.41, 5.74) is 4.39. The number of nitrogens with one attached hydrogen (secondary N) is 1. The molecule has 8 nitrogen and oxygen atoms in total. The third-order valence-corrected chi connectivity index (χ3v) is 6.17. The largest absolute Gasteiger partial charge is 0.491 e. The molecule has 2 aromatic heterocycles. The summed E-state index contributed by atoms with van der Waals surface area (Å²) < 4.78 is 8.71. The Morgan fingerprint density at radius 3 is 2.28 bits per heavy atom. The maximum Gasteiger partial charge on any atom is 0.295 e. The van der Waals surface area contributed by atoms with E-state index in [1.807, 2.05) is 90.1 Å². The zero-order valence-corrected chi connectivity index (χ0v) is 21.7. The number of ether oxygens (including phenoxy) is 1. The predicted molar refractivity (Wildman–Crippen MR) is 141 cm³/mol. The molecule has 1 amide bonds. The van der Waals surface area contributed by atoms with E-state index in [4.69, 9.17) is 4.74 Å². The minimum absolute atomic E-state index is 0.0968. The lowest BCUT2D eigenvalue weighted by Gasteiger charge is -2.17. The standard InChI is InChI=1S/C28H33N5O3/c1-7-24(27(34)29-16-21-10-14-23(15-11-21)36-17(2)3)33-28(35)26-25(19(5)30-33)20(6)32(31-26)22-12-8-18(4)9-13-22/h8-15,17,24H,7,16H2,1-6H3,(H,29,34). The maximum absolute atomic E-state index is 13.5. The van der Waals surface area contributed by atoms with Crippen LogP contribution in [-0.2, 0) is 11.3 Å². The normalized spacial score (nSPS) is 12.2. The van der Waals surface area contributed by atoms with Crippen molar-refractivity contribution in [3.8, 4) is 11.4 Å². The Kier molecular flexibility index (Phi) is 7.24. The highest BCUT2D eigenvalue weighted by Crippen LogP contribution is 2.22. The maximum atomic E-state index is 13.5. The quantitative estimate of drug-likeness (QED) is 0.393. The lowest BCUT2D eigenvalue weighted by molar-refractivity contribution is -0.125. The van der Waals surface area contributed by atoms with E-state index in [0.717, 1.165) is 33.6 Å². The summed E-state index contributed by atoms with van der Waals surface area (Å²) in [4.78, 5) is 26.6. The van der Waals surface area contributed by atoms with Crippen molar-refractivity contribution in [3.63, 3.8) is 0 Å². The molecule has 4 aromatic rings. The highest BCUT2D eigenvalue weighted by Gasteiger charge is 2.25. The molecule has 0 aliphatic carbocycles. The molecule has 188 valence electrons. The van der Waals surface area contributed by atoms with Crippen LogP contribution in [0, 0.1) is 20.8 Å². The highest BCUT2D eigenvalue weighted by atomic mass is 16.5. The zero-order valence-electron chi connectivity index (χ0n) is 21.7. The summed E-state index contributed by atoms with van der Waals surface area (Å²) in [7, 11) is 0. The fraction of sp³-hybridized carbons (Fsp3) is 0.357. The third-order valence-electron chi connectivity index (χ3n) is 6.17. The Bertz CT molecular complexity index is 1430. The van der Waals surface area contributed by atoms with E-state index in [9.17, 15) is 9.59 Å². The second-order valence-corrected chi connectivity index (χ2v) is 9.34. The van der Waals surface area contributed by atoms with Crippen LogP contribution in [0.2, 0.25) is 0 Å². The number of amides is 1. The van der Waals surface area contributed by atoms with Crippen LogP contribution in [0.1, 0.15) is 55.7 Å². The lowest BCUT2D eigenvalue weighted by Crippen LogP contribution is -2.38. The lowest BCUT2D eigenvalue weighted by atomic mass is 10.1. The number of hydrogen-bond donors (Lipinski definition) is 1. The van der Waals surface area contributed by atoms with Gasteiger partial charge in [0, 0.05) is 6.54 Å². The van der Waals surface area contributed by atoms with E-state index in [-0.39, 0.29) is 17.6 Å².